The summed E-state index contributed by atoms with van der Waals surface area (Å²) in [6.45, 7) is 7.78. The summed E-state index contributed by atoms with van der Waals surface area (Å²) >= 11 is 0. The molecule has 0 spiro atoms. The Kier molecular flexibility index (Phi) is 6.05. The summed E-state index contributed by atoms with van der Waals surface area (Å²) in [7, 11) is 0. The van der Waals surface area contributed by atoms with Crippen molar-refractivity contribution in [2.45, 2.75) is 57.7 Å². The highest BCUT2D eigenvalue weighted by atomic mass is 16.6. The molecule has 5 nitrogen and oxygen atoms in total. The van der Waals surface area contributed by atoms with Gasteiger partial charge in [-0.1, -0.05) is 6.92 Å². The van der Waals surface area contributed by atoms with Crippen LogP contribution in [0, 0.1) is 0 Å². The van der Waals surface area contributed by atoms with Crippen molar-refractivity contribution in [3.8, 4) is 0 Å². The second kappa shape index (κ2) is 7.07. The molecule has 0 bridgehead atoms. The third kappa shape index (κ3) is 4.23. The van der Waals surface area contributed by atoms with Crippen molar-refractivity contribution in [1.29, 1.82) is 0 Å². The lowest BCUT2D eigenvalue weighted by atomic mass is 9.89. The van der Waals surface area contributed by atoms with E-state index in [9.17, 15) is 9.90 Å². The average Bonchev–Trinajstić information content (AvgIpc) is 2.23. The standard InChI is InChI=1S/C13H25NO4/c1-4-13(12(15)16,14-10(2)3)6-5-7-18-11-8-17-9-11/h10-11,14H,4-9H2,1-3H3,(H,15,16). The summed E-state index contributed by atoms with van der Waals surface area (Å²) in [6.07, 6.45) is 2.12. The molecule has 0 saturated carbocycles. The molecular formula is C13H25NO4. The summed E-state index contributed by atoms with van der Waals surface area (Å²) in [5, 5.41) is 12.6. The molecule has 0 aromatic heterocycles. The molecule has 0 aromatic carbocycles. The third-order valence-corrected chi connectivity index (χ3v) is 3.29. The first-order chi connectivity index (χ1) is 8.50. The van der Waals surface area contributed by atoms with Crippen molar-refractivity contribution >= 4 is 5.97 Å². The fourth-order valence-corrected chi connectivity index (χ4v) is 2.16. The fourth-order valence-electron chi connectivity index (χ4n) is 2.16. The molecule has 1 aliphatic rings. The summed E-state index contributed by atoms with van der Waals surface area (Å²) in [4.78, 5) is 11.5. The van der Waals surface area contributed by atoms with E-state index in [0.29, 0.717) is 32.7 Å². The smallest absolute Gasteiger partial charge is 0.323 e. The van der Waals surface area contributed by atoms with Crippen LogP contribution in [0.5, 0.6) is 0 Å². The molecule has 1 fully saturated rings. The highest BCUT2D eigenvalue weighted by Crippen LogP contribution is 2.19. The highest BCUT2D eigenvalue weighted by molar-refractivity contribution is 5.78. The van der Waals surface area contributed by atoms with E-state index >= 15 is 0 Å². The lowest BCUT2D eigenvalue weighted by Crippen LogP contribution is -2.54. The molecule has 106 valence electrons. The summed E-state index contributed by atoms with van der Waals surface area (Å²) in [6, 6.07) is 0.155. The Morgan fingerprint density at radius 1 is 1.56 bits per heavy atom. The zero-order valence-electron chi connectivity index (χ0n) is 11.6. The number of carboxylic acid groups (broad SMARTS) is 1. The molecule has 0 aliphatic carbocycles. The first-order valence-electron chi connectivity index (χ1n) is 6.70. The second-order valence-corrected chi connectivity index (χ2v) is 5.17. The maximum Gasteiger partial charge on any atom is 0.323 e. The van der Waals surface area contributed by atoms with Crippen molar-refractivity contribution in [2.75, 3.05) is 19.8 Å². The molecule has 5 heteroatoms. The summed E-state index contributed by atoms with van der Waals surface area (Å²) in [5.74, 6) is -0.773. The van der Waals surface area contributed by atoms with Crippen LogP contribution in [-0.2, 0) is 14.3 Å². The van der Waals surface area contributed by atoms with Crippen molar-refractivity contribution in [1.82, 2.24) is 5.32 Å². The van der Waals surface area contributed by atoms with Gasteiger partial charge in [0, 0.05) is 12.6 Å². The number of carboxylic acids is 1. The molecule has 0 radical (unpaired) electrons. The van der Waals surface area contributed by atoms with Crippen LogP contribution in [0.2, 0.25) is 0 Å². The van der Waals surface area contributed by atoms with E-state index in [1.165, 1.54) is 0 Å². The molecule has 0 amide bonds. The normalized spacial score (nSPS) is 19.6. The fraction of sp³-hybridized carbons (Fsp3) is 0.923. The zero-order valence-corrected chi connectivity index (χ0v) is 11.6. The molecule has 1 rings (SSSR count). The van der Waals surface area contributed by atoms with Gasteiger partial charge in [-0.2, -0.15) is 0 Å². The maximum atomic E-state index is 11.5. The van der Waals surface area contributed by atoms with E-state index in [1.54, 1.807) is 0 Å². The van der Waals surface area contributed by atoms with Crippen LogP contribution < -0.4 is 5.32 Å². The minimum absolute atomic E-state index is 0.155. The Balaban J connectivity index is 2.36. The molecule has 1 atom stereocenters. The Morgan fingerprint density at radius 2 is 2.22 bits per heavy atom. The average molecular weight is 259 g/mol. The van der Waals surface area contributed by atoms with Gasteiger partial charge in [-0.15, -0.1) is 0 Å². The SMILES string of the molecule is CCC(CCCOC1COC1)(NC(C)C)C(=O)O. The minimum atomic E-state index is -0.826. The molecule has 18 heavy (non-hydrogen) atoms. The van der Waals surface area contributed by atoms with E-state index in [1.807, 2.05) is 20.8 Å². The summed E-state index contributed by atoms with van der Waals surface area (Å²) < 4.78 is 10.6. The van der Waals surface area contributed by atoms with E-state index in [0.717, 1.165) is 6.42 Å². The highest BCUT2D eigenvalue weighted by Gasteiger charge is 2.36. The topological polar surface area (TPSA) is 67.8 Å². The van der Waals surface area contributed by atoms with Crippen LogP contribution in [0.15, 0.2) is 0 Å². The Labute approximate surface area is 109 Å². The van der Waals surface area contributed by atoms with E-state index in [4.69, 9.17) is 9.47 Å². The third-order valence-electron chi connectivity index (χ3n) is 3.29. The molecule has 1 heterocycles. The number of hydrogen-bond donors (Lipinski definition) is 2. The van der Waals surface area contributed by atoms with E-state index < -0.39 is 11.5 Å². The van der Waals surface area contributed by atoms with E-state index in [-0.39, 0.29) is 12.1 Å². The molecule has 2 N–H and O–H groups in total. The quantitative estimate of drug-likeness (QED) is 0.613. The van der Waals surface area contributed by atoms with Gasteiger partial charge in [0.15, 0.2) is 0 Å². The van der Waals surface area contributed by atoms with Gasteiger partial charge >= 0.3 is 5.97 Å². The largest absolute Gasteiger partial charge is 0.480 e. The minimum Gasteiger partial charge on any atom is -0.480 e. The Morgan fingerprint density at radius 3 is 2.61 bits per heavy atom. The predicted octanol–water partition coefficient (Wildman–Crippen LogP) is 1.41. The molecule has 0 aromatic rings. The van der Waals surface area contributed by atoms with Crippen molar-refractivity contribution < 1.29 is 19.4 Å². The van der Waals surface area contributed by atoms with Crippen LogP contribution in [0.4, 0.5) is 0 Å². The predicted molar refractivity (Wildman–Crippen MR) is 68.7 cm³/mol. The number of ether oxygens (including phenoxy) is 2. The van der Waals surface area contributed by atoms with Crippen LogP contribution >= 0.6 is 0 Å². The second-order valence-electron chi connectivity index (χ2n) is 5.17. The van der Waals surface area contributed by atoms with Gasteiger partial charge in [0.25, 0.3) is 0 Å². The van der Waals surface area contributed by atoms with Crippen molar-refractivity contribution in [3.63, 3.8) is 0 Å². The van der Waals surface area contributed by atoms with Gasteiger partial charge in [-0.25, -0.2) is 0 Å². The Hall–Kier alpha value is -0.650. The van der Waals surface area contributed by atoms with Crippen molar-refractivity contribution in [3.05, 3.63) is 0 Å². The summed E-state index contributed by atoms with van der Waals surface area (Å²) in [5.41, 5.74) is -0.826. The number of rotatable bonds is 9. The maximum absolute atomic E-state index is 11.5. The number of aliphatic carboxylic acids is 1. The van der Waals surface area contributed by atoms with E-state index in [2.05, 4.69) is 5.32 Å². The first kappa shape index (κ1) is 15.4. The Bertz CT molecular complexity index is 266. The number of hydrogen-bond acceptors (Lipinski definition) is 4. The van der Waals surface area contributed by atoms with Crippen LogP contribution in [0.1, 0.15) is 40.0 Å². The van der Waals surface area contributed by atoms with Crippen LogP contribution in [-0.4, -0.2) is 48.6 Å². The molecule has 1 aliphatic heterocycles. The monoisotopic (exact) mass is 259 g/mol. The van der Waals surface area contributed by atoms with Crippen molar-refractivity contribution in [2.24, 2.45) is 0 Å². The van der Waals surface area contributed by atoms with Gasteiger partial charge in [0.1, 0.15) is 11.6 Å². The number of nitrogens with one attached hydrogen (secondary N) is 1. The first-order valence-corrected chi connectivity index (χ1v) is 6.70. The lowest BCUT2D eigenvalue weighted by Gasteiger charge is -2.32. The zero-order chi connectivity index (χ0) is 13.6. The number of carbonyl (C=O) groups is 1. The van der Waals surface area contributed by atoms with Gasteiger partial charge < -0.3 is 14.6 Å². The van der Waals surface area contributed by atoms with Gasteiger partial charge in [-0.3, -0.25) is 10.1 Å². The van der Waals surface area contributed by atoms with Gasteiger partial charge in [-0.05, 0) is 33.1 Å². The van der Waals surface area contributed by atoms with Crippen LogP contribution in [0.25, 0.3) is 0 Å². The van der Waals surface area contributed by atoms with Gasteiger partial charge in [0.2, 0.25) is 0 Å². The lowest BCUT2D eigenvalue weighted by molar-refractivity contribution is -0.147. The molecular weight excluding hydrogens is 234 g/mol. The molecule has 1 saturated heterocycles. The van der Waals surface area contributed by atoms with Gasteiger partial charge in [0.05, 0.1) is 13.2 Å². The molecule has 1 unspecified atom stereocenters. The van der Waals surface area contributed by atoms with Crippen LogP contribution in [0.3, 0.4) is 0 Å².